The van der Waals surface area contributed by atoms with Crippen LogP contribution in [0.1, 0.15) is 110 Å². The van der Waals surface area contributed by atoms with Crippen LogP contribution in [0.2, 0.25) is 0 Å². The lowest BCUT2D eigenvalue weighted by Crippen LogP contribution is -2.35. The molecule has 3 heteroatoms. The Balaban J connectivity index is 3.30. The molecule has 0 atom stereocenters. The summed E-state index contributed by atoms with van der Waals surface area (Å²) < 4.78 is 15.9. The summed E-state index contributed by atoms with van der Waals surface area (Å²) in [7, 11) is 4.90. The standard InChI is InChI=1S/C23H46O3/c1-5-6-7-8-9-10-11-12-13-14-15-16-17-18-19-20-21-22-23(24-2,25-3)26-4/h12-13H,5-11,14-22H2,1-4H3. The maximum Gasteiger partial charge on any atom is 0.282 e. The molecule has 26 heavy (non-hydrogen) atoms. The van der Waals surface area contributed by atoms with Crippen LogP contribution < -0.4 is 0 Å². The van der Waals surface area contributed by atoms with Crippen molar-refractivity contribution in [2.45, 2.75) is 116 Å². The lowest BCUT2D eigenvalue weighted by Gasteiger charge is -2.28. The SMILES string of the molecule is CCCCCCCCC=CCCCCCCCCCC(OC)(OC)OC. The smallest absolute Gasteiger partial charge is 0.282 e. The van der Waals surface area contributed by atoms with E-state index in [9.17, 15) is 0 Å². The summed E-state index contributed by atoms with van der Waals surface area (Å²) in [4.78, 5) is 0. The van der Waals surface area contributed by atoms with Gasteiger partial charge in [0.2, 0.25) is 0 Å². The Bertz CT molecular complexity index is 290. The Kier molecular flexibility index (Phi) is 19.1. The first-order valence-corrected chi connectivity index (χ1v) is 11.0. The molecule has 0 aromatic rings. The van der Waals surface area contributed by atoms with Crippen LogP contribution in [0.4, 0.5) is 0 Å². The van der Waals surface area contributed by atoms with E-state index in [1.807, 2.05) is 0 Å². The molecule has 0 saturated carbocycles. The van der Waals surface area contributed by atoms with Gasteiger partial charge in [-0.15, -0.1) is 0 Å². The first kappa shape index (κ1) is 25.6. The zero-order valence-electron chi connectivity index (χ0n) is 18.2. The highest BCUT2D eigenvalue weighted by molar-refractivity contribution is 4.81. The number of hydrogen-bond acceptors (Lipinski definition) is 3. The zero-order valence-corrected chi connectivity index (χ0v) is 18.2. The largest absolute Gasteiger partial charge is 0.331 e. The normalized spacial score (nSPS) is 12.3. The van der Waals surface area contributed by atoms with Gasteiger partial charge in [-0.25, -0.2) is 0 Å². The molecule has 0 rings (SSSR count). The quantitative estimate of drug-likeness (QED) is 0.127. The van der Waals surface area contributed by atoms with Crippen molar-refractivity contribution in [1.29, 1.82) is 0 Å². The molecule has 3 nitrogen and oxygen atoms in total. The van der Waals surface area contributed by atoms with Crippen molar-refractivity contribution < 1.29 is 14.2 Å². The summed E-state index contributed by atoms with van der Waals surface area (Å²) in [5.74, 6) is -0.845. The minimum Gasteiger partial charge on any atom is -0.331 e. The van der Waals surface area contributed by atoms with Gasteiger partial charge >= 0.3 is 0 Å². The Morgan fingerprint density at radius 3 is 1.35 bits per heavy atom. The van der Waals surface area contributed by atoms with E-state index in [-0.39, 0.29) is 0 Å². The molecule has 156 valence electrons. The molecule has 0 aliphatic rings. The summed E-state index contributed by atoms with van der Waals surface area (Å²) in [6.45, 7) is 2.28. The van der Waals surface area contributed by atoms with Crippen molar-refractivity contribution in [2.24, 2.45) is 0 Å². The average Bonchev–Trinajstić information content (AvgIpc) is 2.68. The molecule has 0 aliphatic carbocycles. The highest BCUT2D eigenvalue weighted by Gasteiger charge is 2.28. The van der Waals surface area contributed by atoms with Gasteiger partial charge < -0.3 is 14.2 Å². The van der Waals surface area contributed by atoms with Crippen LogP contribution in [-0.4, -0.2) is 27.3 Å². The Hall–Kier alpha value is -0.380. The van der Waals surface area contributed by atoms with Crippen molar-refractivity contribution in [3.8, 4) is 0 Å². The maximum absolute atomic E-state index is 5.31. The molecule has 0 aliphatic heterocycles. The maximum atomic E-state index is 5.31. The van der Waals surface area contributed by atoms with E-state index in [1.54, 1.807) is 21.3 Å². The van der Waals surface area contributed by atoms with Gasteiger partial charge in [0.05, 0.1) is 0 Å². The van der Waals surface area contributed by atoms with Crippen molar-refractivity contribution in [2.75, 3.05) is 21.3 Å². The summed E-state index contributed by atoms with van der Waals surface area (Å²) in [6, 6.07) is 0. The first-order chi connectivity index (χ1) is 12.7. The Labute approximate surface area is 163 Å². The predicted octanol–water partition coefficient (Wildman–Crippen LogP) is 7.40. The number of unbranched alkanes of at least 4 members (excludes halogenated alkanes) is 13. The van der Waals surface area contributed by atoms with E-state index in [2.05, 4.69) is 19.1 Å². The van der Waals surface area contributed by atoms with Crippen molar-refractivity contribution in [3.63, 3.8) is 0 Å². The molecule has 0 radical (unpaired) electrons. The fraction of sp³-hybridized carbons (Fsp3) is 0.913. The lowest BCUT2D eigenvalue weighted by atomic mass is 10.1. The van der Waals surface area contributed by atoms with Crippen LogP contribution in [0.15, 0.2) is 12.2 Å². The fourth-order valence-corrected chi connectivity index (χ4v) is 3.32. The summed E-state index contributed by atoms with van der Waals surface area (Å²) >= 11 is 0. The van der Waals surface area contributed by atoms with Crippen LogP contribution in [0, 0.1) is 0 Å². The highest BCUT2D eigenvalue weighted by atomic mass is 16.9. The van der Waals surface area contributed by atoms with Crippen LogP contribution in [0.3, 0.4) is 0 Å². The molecule has 0 saturated heterocycles. The van der Waals surface area contributed by atoms with Crippen LogP contribution in [0.25, 0.3) is 0 Å². The van der Waals surface area contributed by atoms with Gasteiger partial charge in [-0.05, 0) is 32.1 Å². The number of hydrogen-bond donors (Lipinski definition) is 0. The number of allylic oxidation sites excluding steroid dienone is 2. The highest BCUT2D eigenvalue weighted by Crippen LogP contribution is 2.21. The third kappa shape index (κ3) is 14.8. The predicted molar refractivity (Wildman–Crippen MR) is 112 cm³/mol. The molecule has 0 N–H and O–H groups in total. The average molecular weight is 371 g/mol. The van der Waals surface area contributed by atoms with Gasteiger partial charge in [-0.1, -0.05) is 83.3 Å². The Morgan fingerprint density at radius 1 is 0.538 bits per heavy atom. The summed E-state index contributed by atoms with van der Waals surface area (Å²) in [5.41, 5.74) is 0. The molecular formula is C23H46O3. The van der Waals surface area contributed by atoms with Crippen molar-refractivity contribution in [3.05, 3.63) is 12.2 Å². The van der Waals surface area contributed by atoms with E-state index in [0.717, 1.165) is 12.8 Å². The molecule has 0 heterocycles. The molecule has 0 bridgehead atoms. The van der Waals surface area contributed by atoms with E-state index < -0.39 is 5.97 Å². The van der Waals surface area contributed by atoms with Gasteiger partial charge in [0, 0.05) is 27.8 Å². The van der Waals surface area contributed by atoms with Gasteiger partial charge in [-0.2, -0.15) is 0 Å². The van der Waals surface area contributed by atoms with Crippen LogP contribution in [0.5, 0.6) is 0 Å². The van der Waals surface area contributed by atoms with Gasteiger partial charge in [-0.3, -0.25) is 0 Å². The van der Waals surface area contributed by atoms with Crippen LogP contribution in [-0.2, 0) is 14.2 Å². The molecule has 0 aromatic carbocycles. The number of methoxy groups -OCH3 is 3. The number of rotatable bonds is 20. The van der Waals surface area contributed by atoms with Crippen molar-refractivity contribution >= 4 is 0 Å². The summed E-state index contributed by atoms with van der Waals surface area (Å²) in [5, 5.41) is 0. The second kappa shape index (κ2) is 19.4. The molecular weight excluding hydrogens is 324 g/mol. The first-order valence-electron chi connectivity index (χ1n) is 11.0. The van der Waals surface area contributed by atoms with Crippen LogP contribution >= 0.6 is 0 Å². The molecule has 0 aromatic heterocycles. The second-order valence-electron chi connectivity index (χ2n) is 7.34. The third-order valence-corrected chi connectivity index (χ3v) is 5.18. The number of ether oxygens (including phenoxy) is 3. The van der Waals surface area contributed by atoms with E-state index in [0.29, 0.717) is 0 Å². The third-order valence-electron chi connectivity index (χ3n) is 5.18. The van der Waals surface area contributed by atoms with Gasteiger partial charge in [0.25, 0.3) is 5.97 Å². The Morgan fingerprint density at radius 2 is 0.923 bits per heavy atom. The minimum absolute atomic E-state index is 0.792. The van der Waals surface area contributed by atoms with E-state index >= 15 is 0 Å². The second-order valence-corrected chi connectivity index (χ2v) is 7.34. The van der Waals surface area contributed by atoms with E-state index in [1.165, 1.54) is 89.9 Å². The zero-order chi connectivity index (χ0) is 19.3. The van der Waals surface area contributed by atoms with Gasteiger partial charge in [0.1, 0.15) is 0 Å². The monoisotopic (exact) mass is 370 g/mol. The van der Waals surface area contributed by atoms with E-state index in [4.69, 9.17) is 14.2 Å². The fourth-order valence-electron chi connectivity index (χ4n) is 3.32. The molecule has 0 spiro atoms. The molecule has 0 amide bonds. The summed E-state index contributed by atoms with van der Waals surface area (Å²) in [6.07, 6.45) is 25.5. The van der Waals surface area contributed by atoms with Crippen molar-refractivity contribution in [1.82, 2.24) is 0 Å². The minimum atomic E-state index is -0.845. The lowest BCUT2D eigenvalue weighted by molar-refractivity contribution is -0.355. The topological polar surface area (TPSA) is 27.7 Å². The molecule has 0 fully saturated rings. The van der Waals surface area contributed by atoms with Gasteiger partial charge in [0.15, 0.2) is 0 Å². The molecule has 0 unspecified atom stereocenters.